The predicted octanol–water partition coefficient (Wildman–Crippen LogP) is 2.53. The number of ether oxygens (including phenoxy) is 2. The van der Waals surface area contributed by atoms with Crippen LogP contribution in [0.2, 0.25) is 0 Å². The van der Waals surface area contributed by atoms with E-state index >= 15 is 0 Å². The van der Waals surface area contributed by atoms with Crippen molar-refractivity contribution >= 4 is 16.0 Å². The zero-order valence-electron chi connectivity index (χ0n) is 16.5. The first-order valence-electron chi connectivity index (χ1n) is 10.1. The standard InChI is InChI=1S/C23H23NO5S/c1-15-7-5-6-10-18(15)22(25)28-21-19(13-16-8-3-2-4-9-16)24-30(26,27)20-14-17-11-12-23(20,21)29-17/h2-12,17,19-21,24H,13-14H2,1H3/t17-,19-,20-,21-,23+/m0/s1. The van der Waals surface area contributed by atoms with Gasteiger partial charge in [0.15, 0.2) is 6.10 Å². The summed E-state index contributed by atoms with van der Waals surface area (Å²) in [5, 5.41) is -0.776. The highest BCUT2D eigenvalue weighted by Crippen LogP contribution is 2.48. The fraction of sp³-hybridized carbons (Fsp3) is 0.348. The van der Waals surface area contributed by atoms with Gasteiger partial charge in [-0.15, -0.1) is 0 Å². The van der Waals surface area contributed by atoms with Gasteiger partial charge >= 0.3 is 5.97 Å². The van der Waals surface area contributed by atoms with Gasteiger partial charge in [-0.2, -0.15) is 0 Å². The summed E-state index contributed by atoms with van der Waals surface area (Å²) in [7, 11) is -3.63. The topological polar surface area (TPSA) is 81.7 Å². The number of esters is 1. The predicted molar refractivity (Wildman–Crippen MR) is 112 cm³/mol. The number of carbonyl (C=O) groups is 1. The van der Waals surface area contributed by atoms with E-state index in [1.807, 2.05) is 55.5 Å². The summed E-state index contributed by atoms with van der Waals surface area (Å²) < 4.78 is 41.0. The molecular formula is C23H23NO5S. The van der Waals surface area contributed by atoms with Gasteiger partial charge in [-0.1, -0.05) is 54.6 Å². The average Bonchev–Trinajstić information content (AvgIpc) is 3.32. The summed E-state index contributed by atoms with van der Waals surface area (Å²) in [6.45, 7) is 1.85. The van der Waals surface area contributed by atoms with Crippen LogP contribution in [0, 0.1) is 6.92 Å². The molecule has 0 aliphatic carbocycles. The van der Waals surface area contributed by atoms with Crippen LogP contribution in [0.25, 0.3) is 0 Å². The Morgan fingerprint density at radius 2 is 1.90 bits per heavy atom. The zero-order chi connectivity index (χ0) is 20.9. The van der Waals surface area contributed by atoms with Crippen molar-refractivity contribution in [3.63, 3.8) is 0 Å². The molecule has 2 bridgehead atoms. The molecule has 7 heteroatoms. The Balaban J connectivity index is 1.54. The number of fused-ring (bicyclic) bond motifs is 1. The molecule has 0 unspecified atom stereocenters. The number of hydrogen-bond acceptors (Lipinski definition) is 5. The summed E-state index contributed by atoms with van der Waals surface area (Å²) in [5.74, 6) is -0.474. The molecule has 2 aromatic rings. The number of benzene rings is 2. The fourth-order valence-electron chi connectivity index (χ4n) is 4.86. The van der Waals surface area contributed by atoms with Crippen molar-refractivity contribution in [2.75, 3.05) is 0 Å². The van der Waals surface area contributed by atoms with Crippen LogP contribution < -0.4 is 4.72 Å². The maximum absolute atomic E-state index is 13.1. The Morgan fingerprint density at radius 1 is 1.17 bits per heavy atom. The maximum atomic E-state index is 13.1. The van der Waals surface area contributed by atoms with E-state index in [9.17, 15) is 13.2 Å². The minimum absolute atomic E-state index is 0.276. The van der Waals surface area contributed by atoms with Crippen LogP contribution in [0.15, 0.2) is 66.7 Å². The quantitative estimate of drug-likeness (QED) is 0.601. The van der Waals surface area contributed by atoms with Crippen molar-refractivity contribution in [3.8, 4) is 0 Å². The molecule has 0 radical (unpaired) electrons. The van der Waals surface area contributed by atoms with Gasteiger partial charge in [0.25, 0.3) is 0 Å². The molecule has 3 aliphatic rings. The lowest BCUT2D eigenvalue weighted by Crippen LogP contribution is -2.68. The molecule has 2 fully saturated rings. The van der Waals surface area contributed by atoms with Crippen molar-refractivity contribution < 1.29 is 22.7 Å². The molecule has 3 heterocycles. The molecular weight excluding hydrogens is 402 g/mol. The number of sulfonamides is 1. The van der Waals surface area contributed by atoms with Gasteiger partial charge in [0.05, 0.1) is 17.7 Å². The lowest BCUT2D eigenvalue weighted by atomic mass is 9.83. The molecule has 5 rings (SSSR count). The molecule has 3 aliphatic heterocycles. The molecule has 5 atom stereocenters. The summed E-state index contributed by atoms with van der Waals surface area (Å²) in [5.41, 5.74) is 1.06. The minimum atomic E-state index is -3.63. The van der Waals surface area contributed by atoms with Gasteiger partial charge in [0, 0.05) is 0 Å². The maximum Gasteiger partial charge on any atom is 0.338 e. The summed E-state index contributed by atoms with van der Waals surface area (Å²) >= 11 is 0. The van der Waals surface area contributed by atoms with Crippen molar-refractivity contribution in [2.24, 2.45) is 0 Å². The number of carbonyl (C=O) groups excluding carboxylic acids is 1. The molecule has 1 N–H and O–H groups in total. The average molecular weight is 426 g/mol. The molecule has 30 heavy (non-hydrogen) atoms. The Bertz CT molecular complexity index is 1110. The van der Waals surface area contributed by atoms with Crippen molar-refractivity contribution in [3.05, 3.63) is 83.4 Å². The molecule has 6 nitrogen and oxygen atoms in total. The van der Waals surface area contributed by atoms with E-state index in [1.54, 1.807) is 18.2 Å². The van der Waals surface area contributed by atoms with Crippen molar-refractivity contribution in [2.45, 2.75) is 48.9 Å². The number of hydrogen-bond donors (Lipinski definition) is 1. The van der Waals surface area contributed by atoms with E-state index in [-0.39, 0.29) is 6.10 Å². The molecule has 156 valence electrons. The first-order valence-corrected chi connectivity index (χ1v) is 11.6. The highest BCUT2D eigenvalue weighted by atomic mass is 32.2. The second-order valence-corrected chi connectivity index (χ2v) is 10.1. The second-order valence-electron chi connectivity index (χ2n) is 8.19. The van der Waals surface area contributed by atoms with Gasteiger partial charge in [-0.3, -0.25) is 0 Å². The third-order valence-corrected chi connectivity index (χ3v) is 8.22. The van der Waals surface area contributed by atoms with E-state index in [2.05, 4.69) is 4.72 Å². The molecule has 0 aromatic heterocycles. The zero-order valence-corrected chi connectivity index (χ0v) is 17.3. The lowest BCUT2D eigenvalue weighted by Gasteiger charge is -2.45. The van der Waals surface area contributed by atoms with Crippen LogP contribution in [-0.4, -0.2) is 43.5 Å². The summed E-state index contributed by atoms with van der Waals surface area (Å²) in [4.78, 5) is 13.1. The highest BCUT2D eigenvalue weighted by molar-refractivity contribution is 7.90. The monoisotopic (exact) mass is 425 g/mol. The number of nitrogens with one attached hydrogen (secondary N) is 1. The summed E-state index contributed by atoms with van der Waals surface area (Å²) in [6.07, 6.45) is 3.37. The van der Waals surface area contributed by atoms with E-state index in [0.717, 1.165) is 11.1 Å². The molecule has 0 saturated carbocycles. The van der Waals surface area contributed by atoms with E-state index in [4.69, 9.17) is 9.47 Å². The fourth-order valence-corrected chi connectivity index (χ4v) is 6.85. The first-order chi connectivity index (χ1) is 14.4. The Morgan fingerprint density at radius 3 is 2.63 bits per heavy atom. The minimum Gasteiger partial charge on any atom is -0.454 e. The second kappa shape index (κ2) is 7.04. The smallest absolute Gasteiger partial charge is 0.338 e. The van der Waals surface area contributed by atoms with Crippen LogP contribution in [0.4, 0.5) is 0 Å². The molecule has 1 spiro atoms. The van der Waals surface area contributed by atoms with Gasteiger partial charge in [0.2, 0.25) is 10.0 Å². The lowest BCUT2D eigenvalue weighted by molar-refractivity contribution is -0.0867. The molecule has 0 amide bonds. The van der Waals surface area contributed by atoms with Crippen molar-refractivity contribution in [1.29, 1.82) is 0 Å². The Kier molecular flexibility index (Phi) is 4.57. The van der Waals surface area contributed by atoms with Crippen LogP contribution in [-0.2, 0) is 25.9 Å². The van der Waals surface area contributed by atoms with Crippen LogP contribution in [0.1, 0.15) is 27.9 Å². The van der Waals surface area contributed by atoms with Crippen LogP contribution >= 0.6 is 0 Å². The van der Waals surface area contributed by atoms with E-state index < -0.39 is 39.0 Å². The van der Waals surface area contributed by atoms with Gasteiger partial charge in [-0.25, -0.2) is 17.9 Å². The van der Waals surface area contributed by atoms with Crippen molar-refractivity contribution in [1.82, 2.24) is 4.72 Å². The normalized spacial score (nSPS) is 33.2. The third kappa shape index (κ3) is 3.09. The highest BCUT2D eigenvalue weighted by Gasteiger charge is 2.66. The number of rotatable bonds is 4. The van der Waals surface area contributed by atoms with Crippen LogP contribution in [0.5, 0.6) is 0 Å². The third-order valence-electron chi connectivity index (χ3n) is 6.27. The first kappa shape index (κ1) is 19.5. The van der Waals surface area contributed by atoms with Gasteiger partial charge < -0.3 is 9.47 Å². The molecule has 2 saturated heterocycles. The largest absolute Gasteiger partial charge is 0.454 e. The van der Waals surface area contributed by atoms with E-state index in [0.29, 0.717) is 18.4 Å². The van der Waals surface area contributed by atoms with Gasteiger partial charge in [0.1, 0.15) is 10.9 Å². The molecule has 2 aromatic carbocycles. The summed E-state index contributed by atoms with van der Waals surface area (Å²) in [6, 6.07) is 16.1. The SMILES string of the molecule is Cc1ccccc1C(=O)O[C@H]1[C@H](Cc2ccccc2)NS(=O)(=O)[C@H]2C[C@@H]3C=C[C@]12O3. The van der Waals surface area contributed by atoms with E-state index in [1.165, 1.54) is 0 Å². The number of aryl methyl sites for hydroxylation is 1. The van der Waals surface area contributed by atoms with Crippen LogP contribution in [0.3, 0.4) is 0 Å². The Labute approximate surface area is 175 Å². The Hall–Kier alpha value is -2.48. The van der Waals surface area contributed by atoms with Gasteiger partial charge in [-0.05, 0) is 43.0 Å².